The predicted octanol–water partition coefficient (Wildman–Crippen LogP) is -7.94. The van der Waals surface area contributed by atoms with Gasteiger partial charge >= 0.3 is 23.1 Å². The minimum Gasteiger partial charge on any atom is -0.550 e. The molecule has 14 nitrogen and oxygen atoms in total. The number of amides is 4. The third-order valence-corrected chi connectivity index (χ3v) is 2.72. The van der Waals surface area contributed by atoms with Crippen LogP contribution in [-0.2, 0) is 28.8 Å². The summed E-state index contributed by atoms with van der Waals surface area (Å²) < 4.78 is 0. The van der Waals surface area contributed by atoms with Gasteiger partial charge in [0.15, 0.2) is 11.2 Å². The van der Waals surface area contributed by atoms with E-state index < -0.39 is 72.5 Å². The second-order valence-corrected chi connectivity index (χ2v) is 5.18. The summed E-state index contributed by atoms with van der Waals surface area (Å²) in [6, 6.07) is 0. The van der Waals surface area contributed by atoms with Gasteiger partial charge in [0.1, 0.15) is 0 Å². The molecule has 0 saturated carbocycles. The van der Waals surface area contributed by atoms with Gasteiger partial charge in [0.2, 0.25) is 23.6 Å². The van der Waals surface area contributed by atoms with Crippen LogP contribution >= 0.6 is 0 Å². The van der Waals surface area contributed by atoms with Gasteiger partial charge in [-0.1, -0.05) is 0 Å². The standard InChI is InChI=1S/2C6H10N2O5.Mg/c2*7-3(9)1-6(13,5(8)12)2-4(10)11;/h2*13H,1-2H2,(H2,7,9)(H2,8,12)(H,10,11);/q;;+2/p-2. The molecule has 0 aromatic rings. The molecule has 10 N–H and O–H groups in total. The van der Waals surface area contributed by atoms with E-state index in [1.54, 1.807) is 0 Å². The minimum atomic E-state index is -2.45. The third kappa shape index (κ3) is 12.5. The minimum absolute atomic E-state index is 0. The average molecular weight is 403 g/mol. The summed E-state index contributed by atoms with van der Waals surface area (Å²) in [5.74, 6) is -8.08. The fraction of sp³-hybridized carbons (Fsp3) is 0.500. The van der Waals surface area contributed by atoms with Crippen LogP contribution in [0, 0.1) is 0 Å². The van der Waals surface area contributed by atoms with Crippen LogP contribution in [0.15, 0.2) is 0 Å². The van der Waals surface area contributed by atoms with E-state index in [1.165, 1.54) is 0 Å². The van der Waals surface area contributed by atoms with Gasteiger partial charge in [-0.25, -0.2) is 0 Å². The second-order valence-electron chi connectivity index (χ2n) is 5.18. The molecular formula is C12H18MgN4O10. The number of carboxylic acid groups (broad SMARTS) is 2. The number of aliphatic hydroxyl groups is 2. The first-order valence-electron chi connectivity index (χ1n) is 6.56. The van der Waals surface area contributed by atoms with Crippen molar-refractivity contribution in [2.75, 3.05) is 0 Å². The molecule has 2 unspecified atom stereocenters. The van der Waals surface area contributed by atoms with Crippen LogP contribution in [0.2, 0.25) is 0 Å². The first kappa shape index (κ1) is 29.3. The Morgan fingerprint density at radius 1 is 0.630 bits per heavy atom. The Balaban J connectivity index is -0.000000411. The zero-order valence-electron chi connectivity index (χ0n) is 14.0. The molecule has 2 atom stereocenters. The molecule has 0 aliphatic heterocycles. The van der Waals surface area contributed by atoms with Crippen LogP contribution in [0.3, 0.4) is 0 Å². The molecule has 0 saturated heterocycles. The van der Waals surface area contributed by atoms with Crippen molar-refractivity contribution < 1.29 is 49.2 Å². The van der Waals surface area contributed by atoms with E-state index in [9.17, 15) is 49.2 Å². The monoisotopic (exact) mass is 402 g/mol. The molecule has 0 fully saturated rings. The summed E-state index contributed by atoms with van der Waals surface area (Å²) in [6.07, 6.45) is -3.77. The summed E-state index contributed by atoms with van der Waals surface area (Å²) in [4.78, 5) is 62.0. The zero-order valence-corrected chi connectivity index (χ0v) is 15.4. The molecule has 0 aromatic carbocycles. The van der Waals surface area contributed by atoms with Crippen molar-refractivity contribution in [2.24, 2.45) is 22.9 Å². The summed E-state index contributed by atoms with van der Waals surface area (Å²) in [6.45, 7) is 0. The fourth-order valence-corrected chi connectivity index (χ4v) is 1.53. The number of nitrogens with two attached hydrogens (primary N) is 4. The van der Waals surface area contributed by atoms with Gasteiger partial charge in [-0.05, 0) is 0 Å². The third-order valence-electron chi connectivity index (χ3n) is 2.72. The largest absolute Gasteiger partial charge is 2.00 e. The van der Waals surface area contributed by atoms with Gasteiger partial charge in [0, 0.05) is 24.8 Å². The molecule has 4 amide bonds. The maximum Gasteiger partial charge on any atom is 2.00 e. The number of primary amides is 4. The Morgan fingerprint density at radius 3 is 0.963 bits per heavy atom. The van der Waals surface area contributed by atoms with Crippen molar-refractivity contribution in [3.05, 3.63) is 0 Å². The Labute approximate surface area is 168 Å². The number of hydrogen-bond donors (Lipinski definition) is 6. The summed E-state index contributed by atoms with van der Waals surface area (Å²) in [5, 5.41) is 38.6. The topological polar surface area (TPSA) is 293 Å². The van der Waals surface area contributed by atoms with Crippen LogP contribution in [0.25, 0.3) is 0 Å². The van der Waals surface area contributed by atoms with Crippen molar-refractivity contribution in [3.8, 4) is 0 Å². The van der Waals surface area contributed by atoms with Gasteiger partial charge in [-0.3, -0.25) is 19.2 Å². The maximum atomic E-state index is 10.6. The van der Waals surface area contributed by atoms with Gasteiger partial charge in [-0.15, -0.1) is 0 Å². The van der Waals surface area contributed by atoms with Crippen molar-refractivity contribution in [1.29, 1.82) is 0 Å². The molecule has 0 aliphatic rings. The summed E-state index contributed by atoms with van der Waals surface area (Å²) >= 11 is 0. The number of carbonyl (C=O) groups excluding carboxylic acids is 6. The first-order valence-corrected chi connectivity index (χ1v) is 6.56. The van der Waals surface area contributed by atoms with Gasteiger partial charge in [-0.2, -0.15) is 0 Å². The zero-order chi connectivity index (χ0) is 21.3. The molecule has 0 rings (SSSR count). The molecule has 15 heteroatoms. The van der Waals surface area contributed by atoms with E-state index >= 15 is 0 Å². The van der Waals surface area contributed by atoms with Crippen molar-refractivity contribution in [2.45, 2.75) is 36.9 Å². The van der Waals surface area contributed by atoms with E-state index in [-0.39, 0.29) is 23.1 Å². The summed E-state index contributed by atoms with van der Waals surface area (Å²) in [5.41, 5.74) is 13.8. The van der Waals surface area contributed by atoms with E-state index in [1.807, 2.05) is 0 Å². The number of carboxylic acids is 2. The maximum absolute atomic E-state index is 10.6. The molecule has 27 heavy (non-hydrogen) atoms. The Kier molecular flexibility index (Phi) is 13.0. The van der Waals surface area contributed by atoms with E-state index in [0.717, 1.165) is 0 Å². The molecule has 148 valence electrons. The van der Waals surface area contributed by atoms with Crippen LogP contribution < -0.4 is 33.1 Å². The fourth-order valence-electron chi connectivity index (χ4n) is 1.53. The normalized spacial score (nSPS) is 14.0. The SMILES string of the molecule is NC(=O)CC(O)(CC(=O)[O-])C(N)=O.NC(=O)CC(O)(CC(=O)[O-])C(N)=O.[Mg+2]. The van der Waals surface area contributed by atoms with Crippen molar-refractivity contribution in [1.82, 2.24) is 0 Å². The molecule has 0 aliphatic carbocycles. The van der Waals surface area contributed by atoms with Gasteiger partial charge < -0.3 is 52.9 Å². The molecule has 0 bridgehead atoms. The van der Waals surface area contributed by atoms with Crippen molar-refractivity contribution >= 4 is 58.6 Å². The predicted molar refractivity (Wildman–Crippen MR) is 80.9 cm³/mol. The smallest absolute Gasteiger partial charge is 0.550 e. The Morgan fingerprint density at radius 2 is 0.852 bits per heavy atom. The second kappa shape index (κ2) is 12.0. The van der Waals surface area contributed by atoms with E-state index in [4.69, 9.17) is 0 Å². The molecular weight excluding hydrogens is 384 g/mol. The number of carbonyl (C=O) groups is 6. The quantitative estimate of drug-likeness (QED) is 0.187. The first-order chi connectivity index (χ1) is 11.6. The molecule has 0 spiro atoms. The Hall–Kier alpha value is -2.49. The van der Waals surface area contributed by atoms with Crippen LogP contribution in [0.5, 0.6) is 0 Å². The molecule has 0 aromatic heterocycles. The van der Waals surface area contributed by atoms with E-state index in [0.29, 0.717) is 0 Å². The average Bonchev–Trinajstić information content (AvgIpc) is 2.34. The van der Waals surface area contributed by atoms with Crippen LogP contribution in [-0.4, -0.2) is 80.0 Å². The van der Waals surface area contributed by atoms with Crippen LogP contribution in [0.4, 0.5) is 0 Å². The number of aliphatic carboxylic acids is 2. The van der Waals surface area contributed by atoms with Gasteiger partial charge in [0.25, 0.3) is 0 Å². The Bertz CT molecular complexity index is 525. The van der Waals surface area contributed by atoms with E-state index in [2.05, 4.69) is 22.9 Å². The van der Waals surface area contributed by atoms with Crippen molar-refractivity contribution in [3.63, 3.8) is 0 Å². The summed E-state index contributed by atoms with van der Waals surface area (Å²) in [7, 11) is 0. The number of rotatable bonds is 10. The molecule has 0 radical (unpaired) electrons. The molecule has 0 heterocycles. The number of hydrogen-bond acceptors (Lipinski definition) is 10. The van der Waals surface area contributed by atoms with Gasteiger partial charge in [0.05, 0.1) is 12.8 Å². The van der Waals surface area contributed by atoms with Crippen LogP contribution in [0.1, 0.15) is 25.7 Å².